The molecule has 1 aromatic heterocycles. The van der Waals surface area contributed by atoms with Crippen molar-refractivity contribution in [2.24, 2.45) is 0 Å². The van der Waals surface area contributed by atoms with Gasteiger partial charge in [-0.1, -0.05) is 49.7 Å². The molecule has 1 aliphatic heterocycles. The van der Waals surface area contributed by atoms with Crippen LogP contribution in [-0.4, -0.2) is 21.4 Å². The fourth-order valence-electron chi connectivity index (χ4n) is 4.02. The summed E-state index contributed by atoms with van der Waals surface area (Å²) in [5.41, 5.74) is 3.40. The van der Waals surface area contributed by atoms with Crippen LogP contribution in [0.3, 0.4) is 0 Å². The van der Waals surface area contributed by atoms with Gasteiger partial charge < -0.3 is 4.98 Å². The van der Waals surface area contributed by atoms with Crippen molar-refractivity contribution in [3.63, 3.8) is 0 Å². The van der Waals surface area contributed by atoms with Gasteiger partial charge in [0.1, 0.15) is 5.82 Å². The number of halogens is 3. The van der Waals surface area contributed by atoms with Crippen LogP contribution in [0.1, 0.15) is 47.7 Å². The Morgan fingerprint density at radius 1 is 1.03 bits per heavy atom. The number of aromatic nitrogens is 2. The van der Waals surface area contributed by atoms with E-state index in [4.69, 9.17) is 0 Å². The molecule has 0 unspecified atom stereocenters. The minimum absolute atomic E-state index is 0.232. The van der Waals surface area contributed by atoms with Gasteiger partial charge in [0.25, 0.3) is 5.56 Å². The summed E-state index contributed by atoms with van der Waals surface area (Å²) in [5.74, 6) is 0.304. The predicted molar refractivity (Wildman–Crippen MR) is 118 cm³/mol. The van der Waals surface area contributed by atoms with E-state index in [0.717, 1.165) is 37.3 Å². The molecule has 0 atom stereocenters. The van der Waals surface area contributed by atoms with Crippen molar-refractivity contribution in [3.05, 3.63) is 86.8 Å². The van der Waals surface area contributed by atoms with Crippen molar-refractivity contribution >= 4 is 0 Å². The van der Waals surface area contributed by atoms with Crippen LogP contribution in [0.25, 0.3) is 11.4 Å². The summed E-state index contributed by atoms with van der Waals surface area (Å²) in [6.45, 7) is 4.22. The number of fused-ring (bicyclic) bond motifs is 1. The highest BCUT2D eigenvalue weighted by Crippen LogP contribution is 2.30. The van der Waals surface area contributed by atoms with E-state index in [1.165, 1.54) is 36.1 Å². The van der Waals surface area contributed by atoms with Crippen LogP contribution < -0.4 is 5.56 Å². The number of alkyl halides is 3. The van der Waals surface area contributed by atoms with E-state index in [0.29, 0.717) is 29.9 Å². The molecule has 32 heavy (non-hydrogen) atoms. The maximum Gasteiger partial charge on any atom is 0.416 e. The zero-order valence-electron chi connectivity index (χ0n) is 18.0. The summed E-state index contributed by atoms with van der Waals surface area (Å²) in [6.07, 6.45) is -0.309. The third-order valence-electron chi connectivity index (χ3n) is 5.88. The van der Waals surface area contributed by atoms with E-state index >= 15 is 0 Å². The highest BCUT2D eigenvalue weighted by Gasteiger charge is 2.30. The number of H-pyrrole nitrogens is 1. The summed E-state index contributed by atoms with van der Waals surface area (Å²) in [6, 6.07) is 13.3. The van der Waals surface area contributed by atoms with Crippen LogP contribution >= 0.6 is 0 Å². The van der Waals surface area contributed by atoms with Gasteiger partial charge in [-0.2, -0.15) is 13.2 Å². The van der Waals surface area contributed by atoms with Crippen LogP contribution in [-0.2, 0) is 32.1 Å². The van der Waals surface area contributed by atoms with Gasteiger partial charge in [-0.25, -0.2) is 4.98 Å². The Morgan fingerprint density at radius 3 is 2.38 bits per heavy atom. The van der Waals surface area contributed by atoms with Crippen LogP contribution in [0, 0.1) is 0 Å². The third kappa shape index (κ3) is 5.10. The number of hydrogen-bond acceptors (Lipinski definition) is 3. The van der Waals surface area contributed by atoms with Crippen molar-refractivity contribution in [1.82, 2.24) is 14.9 Å². The van der Waals surface area contributed by atoms with E-state index in [9.17, 15) is 18.0 Å². The number of benzene rings is 2. The summed E-state index contributed by atoms with van der Waals surface area (Å²) >= 11 is 0. The van der Waals surface area contributed by atoms with E-state index in [1.807, 2.05) is 0 Å². The zero-order valence-corrected chi connectivity index (χ0v) is 18.0. The first-order chi connectivity index (χ1) is 15.3. The Labute approximate surface area is 185 Å². The predicted octanol–water partition coefficient (Wildman–Crippen LogP) is 5.36. The first-order valence-corrected chi connectivity index (χ1v) is 10.9. The number of nitrogens with zero attached hydrogens (tertiary/aromatic N) is 2. The van der Waals surface area contributed by atoms with Gasteiger partial charge in [0.2, 0.25) is 0 Å². The van der Waals surface area contributed by atoms with Crippen LogP contribution in [0.4, 0.5) is 13.2 Å². The molecule has 168 valence electrons. The van der Waals surface area contributed by atoms with E-state index in [1.54, 1.807) is 0 Å². The number of unbranched alkanes of at least 4 members (excludes halogenated alkanes) is 1. The van der Waals surface area contributed by atoms with Crippen molar-refractivity contribution in [3.8, 4) is 11.4 Å². The second-order valence-corrected chi connectivity index (χ2v) is 8.30. The quantitative estimate of drug-likeness (QED) is 0.561. The molecular weight excluding hydrogens is 415 g/mol. The molecule has 3 aromatic rings. The normalized spacial score (nSPS) is 14.4. The molecule has 0 fully saturated rings. The molecule has 2 heterocycles. The van der Waals surface area contributed by atoms with E-state index in [-0.39, 0.29) is 5.56 Å². The zero-order chi connectivity index (χ0) is 22.7. The van der Waals surface area contributed by atoms with E-state index < -0.39 is 11.7 Å². The van der Waals surface area contributed by atoms with Crippen molar-refractivity contribution in [2.75, 3.05) is 6.54 Å². The first kappa shape index (κ1) is 22.3. The summed E-state index contributed by atoms with van der Waals surface area (Å²) in [4.78, 5) is 22.2. The second kappa shape index (κ2) is 9.28. The van der Waals surface area contributed by atoms with Gasteiger partial charge >= 0.3 is 6.18 Å². The molecule has 1 N–H and O–H groups in total. The average molecular weight is 441 g/mol. The molecule has 4 rings (SSSR count). The topological polar surface area (TPSA) is 49.0 Å². The van der Waals surface area contributed by atoms with E-state index in [2.05, 4.69) is 46.1 Å². The lowest BCUT2D eigenvalue weighted by molar-refractivity contribution is -0.137. The van der Waals surface area contributed by atoms with Crippen molar-refractivity contribution in [1.29, 1.82) is 0 Å². The molecule has 0 saturated carbocycles. The summed E-state index contributed by atoms with van der Waals surface area (Å²) in [7, 11) is 0. The third-order valence-corrected chi connectivity index (χ3v) is 5.88. The van der Waals surface area contributed by atoms with Gasteiger partial charge in [-0.15, -0.1) is 0 Å². The number of aryl methyl sites for hydroxylation is 1. The molecule has 0 bridgehead atoms. The minimum Gasteiger partial charge on any atom is -0.306 e. The molecule has 0 saturated heterocycles. The maximum atomic E-state index is 12.8. The number of hydrogen-bond donors (Lipinski definition) is 1. The second-order valence-electron chi connectivity index (χ2n) is 8.30. The lowest BCUT2D eigenvalue weighted by atomic mass is 10.0. The lowest BCUT2D eigenvalue weighted by Crippen LogP contribution is -2.35. The molecule has 0 spiro atoms. The van der Waals surface area contributed by atoms with Crippen LogP contribution in [0.2, 0.25) is 0 Å². The number of nitrogens with one attached hydrogen (secondary N) is 1. The Morgan fingerprint density at radius 2 is 1.72 bits per heavy atom. The van der Waals surface area contributed by atoms with Crippen molar-refractivity contribution < 1.29 is 13.2 Å². The van der Waals surface area contributed by atoms with Crippen molar-refractivity contribution in [2.45, 2.75) is 51.9 Å². The molecule has 0 aliphatic carbocycles. The van der Waals surface area contributed by atoms with Gasteiger partial charge in [0, 0.05) is 31.6 Å². The number of aromatic amines is 1. The molecule has 4 nitrogen and oxygen atoms in total. The highest BCUT2D eigenvalue weighted by atomic mass is 19.4. The number of rotatable bonds is 6. The van der Waals surface area contributed by atoms with Gasteiger partial charge in [-0.05, 0) is 36.1 Å². The van der Waals surface area contributed by atoms with Gasteiger partial charge in [0.15, 0.2) is 0 Å². The average Bonchev–Trinajstić information content (AvgIpc) is 2.78. The van der Waals surface area contributed by atoms with Gasteiger partial charge in [-0.3, -0.25) is 9.69 Å². The molecule has 0 amide bonds. The SMILES string of the molecule is CCCCc1ccc(CN2CCc3nc(-c4ccc(C(F)(F)F)cc4)[nH]c(=O)c3C2)cc1. The standard InChI is InChI=1S/C25H26F3N3O/c1-2-3-4-17-5-7-18(8-6-17)15-31-14-13-22-21(16-31)24(32)30-23(29-22)19-9-11-20(12-10-19)25(26,27)28/h5-12H,2-4,13-16H2,1H3,(H,29,30,32). The Bertz CT molecular complexity index is 1120. The molecule has 1 aliphatic rings. The maximum absolute atomic E-state index is 12.8. The fourth-order valence-corrected chi connectivity index (χ4v) is 4.02. The monoisotopic (exact) mass is 441 g/mol. The smallest absolute Gasteiger partial charge is 0.306 e. The minimum atomic E-state index is -4.39. The Balaban J connectivity index is 1.47. The van der Waals surface area contributed by atoms with Gasteiger partial charge in [0.05, 0.1) is 16.8 Å². The van der Waals surface area contributed by atoms with Crippen LogP contribution in [0.5, 0.6) is 0 Å². The highest BCUT2D eigenvalue weighted by molar-refractivity contribution is 5.56. The molecule has 7 heteroatoms. The summed E-state index contributed by atoms with van der Waals surface area (Å²) < 4.78 is 38.4. The lowest BCUT2D eigenvalue weighted by Gasteiger charge is -2.27. The molecular formula is C25H26F3N3O. The fraction of sp³-hybridized carbons (Fsp3) is 0.360. The first-order valence-electron chi connectivity index (χ1n) is 10.9. The summed E-state index contributed by atoms with van der Waals surface area (Å²) in [5, 5.41) is 0. The Hall–Kier alpha value is -2.93. The molecule has 0 radical (unpaired) electrons. The molecule has 2 aromatic carbocycles. The largest absolute Gasteiger partial charge is 0.416 e. The van der Waals surface area contributed by atoms with Crippen LogP contribution in [0.15, 0.2) is 53.3 Å². The Kier molecular flexibility index (Phi) is 6.46.